The molecule has 0 aliphatic carbocycles. The summed E-state index contributed by atoms with van der Waals surface area (Å²) in [5, 5.41) is 3.31. The molecule has 0 saturated carbocycles. The quantitative estimate of drug-likeness (QED) is 0.743. The van der Waals surface area contributed by atoms with E-state index in [0.29, 0.717) is 11.3 Å². The van der Waals surface area contributed by atoms with Crippen LogP contribution in [0.3, 0.4) is 0 Å². The number of benzene rings is 1. The van der Waals surface area contributed by atoms with Crippen molar-refractivity contribution in [1.29, 1.82) is 0 Å². The van der Waals surface area contributed by atoms with Gasteiger partial charge in [0.15, 0.2) is 0 Å². The molecule has 0 bridgehead atoms. The Kier molecular flexibility index (Phi) is 3.72. The van der Waals surface area contributed by atoms with Crippen molar-refractivity contribution in [2.24, 2.45) is 0 Å². The fraction of sp³-hybridized carbons (Fsp3) is 0.462. The molecular weight excluding hydrogens is 228 g/mol. The third-order valence-corrected chi connectivity index (χ3v) is 3.14. The summed E-state index contributed by atoms with van der Waals surface area (Å²) in [5.41, 5.74) is 8.38. The van der Waals surface area contributed by atoms with Gasteiger partial charge >= 0.3 is 0 Å². The van der Waals surface area contributed by atoms with Crippen molar-refractivity contribution in [3.8, 4) is 0 Å². The number of hydrogen-bond acceptors (Lipinski definition) is 4. The Morgan fingerprint density at radius 3 is 2.56 bits per heavy atom. The maximum atomic E-state index is 11.8. The lowest BCUT2D eigenvalue weighted by atomic mass is 10.1. The van der Waals surface area contributed by atoms with Crippen molar-refractivity contribution in [2.45, 2.75) is 0 Å². The van der Waals surface area contributed by atoms with Crippen molar-refractivity contribution in [2.75, 3.05) is 50.9 Å². The van der Waals surface area contributed by atoms with Crippen molar-refractivity contribution in [3.05, 3.63) is 23.8 Å². The lowest BCUT2D eigenvalue weighted by Gasteiger charge is -2.30. The maximum Gasteiger partial charge on any atom is 0.253 e. The molecular formula is C13H20N4O. The van der Waals surface area contributed by atoms with E-state index in [4.69, 9.17) is 5.73 Å². The first-order valence-corrected chi connectivity index (χ1v) is 6.16. The molecule has 2 rings (SSSR count). The summed E-state index contributed by atoms with van der Waals surface area (Å²) < 4.78 is 0. The Morgan fingerprint density at radius 1 is 1.33 bits per heavy atom. The molecule has 3 N–H and O–H groups in total. The number of nitrogens with two attached hydrogens (primary N) is 1. The number of hydrogen-bond donors (Lipinski definition) is 2. The van der Waals surface area contributed by atoms with E-state index in [0.717, 1.165) is 31.9 Å². The zero-order chi connectivity index (χ0) is 13.1. The molecule has 1 aromatic carbocycles. The number of carbonyl (C=O) groups excluding carboxylic acids is 1. The second kappa shape index (κ2) is 5.27. The molecule has 1 aromatic rings. The van der Waals surface area contributed by atoms with Crippen LogP contribution in [-0.2, 0) is 0 Å². The smallest absolute Gasteiger partial charge is 0.253 e. The highest BCUT2D eigenvalue weighted by Gasteiger charge is 2.15. The third kappa shape index (κ3) is 2.56. The first-order chi connectivity index (χ1) is 8.59. The number of rotatable bonds is 2. The van der Waals surface area contributed by atoms with Crippen molar-refractivity contribution in [3.63, 3.8) is 0 Å². The molecule has 0 spiro atoms. The highest BCUT2D eigenvalue weighted by atomic mass is 16.2. The minimum absolute atomic E-state index is 0.0199. The standard InChI is InChI=1S/C13H20N4O/c1-16(2)13(18)10-3-4-12(11(14)9-10)17-7-5-15-6-8-17/h3-4,9,15H,5-8,14H2,1-2H3. The predicted octanol–water partition coefficient (Wildman–Crippen LogP) is 0.380. The molecule has 1 aliphatic rings. The van der Waals surface area contributed by atoms with Gasteiger partial charge in [-0.15, -0.1) is 0 Å². The lowest BCUT2D eigenvalue weighted by molar-refractivity contribution is 0.0827. The van der Waals surface area contributed by atoms with E-state index in [2.05, 4.69) is 10.2 Å². The minimum atomic E-state index is -0.0199. The summed E-state index contributed by atoms with van der Waals surface area (Å²) in [4.78, 5) is 15.6. The molecule has 18 heavy (non-hydrogen) atoms. The van der Waals surface area contributed by atoms with E-state index in [1.165, 1.54) is 0 Å². The number of nitrogen functional groups attached to an aromatic ring is 1. The van der Waals surface area contributed by atoms with E-state index in [1.54, 1.807) is 25.1 Å². The van der Waals surface area contributed by atoms with Crippen molar-refractivity contribution < 1.29 is 4.79 Å². The number of nitrogens with zero attached hydrogens (tertiary/aromatic N) is 2. The molecule has 1 amide bonds. The Morgan fingerprint density at radius 2 is 2.00 bits per heavy atom. The number of piperazine rings is 1. The van der Waals surface area contributed by atoms with Crippen LogP contribution in [0, 0.1) is 0 Å². The first-order valence-electron chi connectivity index (χ1n) is 6.16. The maximum absolute atomic E-state index is 11.8. The van der Waals surface area contributed by atoms with Crippen molar-refractivity contribution in [1.82, 2.24) is 10.2 Å². The van der Waals surface area contributed by atoms with Crippen LogP contribution in [0.1, 0.15) is 10.4 Å². The molecule has 0 atom stereocenters. The third-order valence-electron chi connectivity index (χ3n) is 3.14. The van der Waals surface area contributed by atoms with Crippen LogP contribution >= 0.6 is 0 Å². The topological polar surface area (TPSA) is 61.6 Å². The van der Waals surface area contributed by atoms with Gasteiger partial charge in [0.05, 0.1) is 11.4 Å². The van der Waals surface area contributed by atoms with Crippen LogP contribution in [0.15, 0.2) is 18.2 Å². The normalized spacial score (nSPS) is 15.6. The number of nitrogens with one attached hydrogen (secondary N) is 1. The molecule has 1 saturated heterocycles. The number of anilines is 2. The van der Waals surface area contributed by atoms with Crippen LogP contribution < -0.4 is 16.0 Å². The Balaban J connectivity index is 2.21. The van der Waals surface area contributed by atoms with Gasteiger partial charge in [-0.2, -0.15) is 0 Å². The summed E-state index contributed by atoms with van der Waals surface area (Å²) in [6, 6.07) is 5.55. The molecule has 0 unspecified atom stereocenters. The average molecular weight is 248 g/mol. The molecule has 0 radical (unpaired) electrons. The first kappa shape index (κ1) is 12.7. The summed E-state index contributed by atoms with van der Waals surface area (Å²) in [6.07, 6.45) is 0. The van der Waals surface area contributed by atoms with Gasteiger partial charge in [0, 0.05) is 45.8 Å². The van der Waals surface area contributed by atoms with Gasteiger partial charge < -0.3 is 20.9 Å². The summed E-state index contributed by atoms with van der Waals surface area (Å²) in [5.74, 6) is -0.0199. The largest absolute Gasteiger partial charge is 0.397 e. The highest BCUT2D eigenvalue weighted by Crippen LogP contribution is 2.25. The molecule has 5 nitrogen and oxygen atoms in total. The molecule has 1 fully saturated rings. The van der Waals surface area contributed by atoms with Gasteiger partial charge in [0.2, 0.25) is 0 Å². The minimum Gasteiger partial charge on any atom is -0.397 e. The molecule has 5 heteroatoms. The van der Waals surface area contributed by atoms with E-state index < -0.39 is 0 Å². The second-order valence-corrected chi connectivity index (χ2v) is 4.71. The van der Waals surface area contributed by atoms with Gasteiger partial charge in [0.1, 0.15) is 0 Å². The van der Waals surface area contributed by atoms with E-state index >= 15 is 0 Å². The number of carbonyl (C=O) groups is 1. The SMILES string of the molecule is CN(C)C(=O)c1ccc(N2CCNCC2)c(N)c1. The Bertz CT molecular complexity index is 439. The van der Waals surface area contributed by atoms with Crippen LogP contribution in [-0.4, -0.2) is 51.1 Å². The van der Waals surface area contributed by atoms with Gasteiger partial charge in [0.25, 0.3) is 5.91 Å². The molecule has 1 heterocycles. The van der Waals surface area contributed by atoms with Crippen LogP contribution in [0.4, 0.5) is 11.4 Å². The molecule has 98 valence electrons. The Labute approximate surface area is 108 Å². The zero-order valence-corrected chi connectivity index (χ0v) is 10.9. The van der Waals surface area contributed by atoms with E-state index in [1.807, 2.05) is 12.1 Å². The fourth-order valence-corrected chi connectivity index (χ4v) is 2.14. The van der Waals surface area contributed by atoms with Gasteiger partial charge in [-0.1, -0.05) is 0 Å². The van der Waals surface area contributed by atoms with Crippen LogP contribution in [0.2, 0.25) is 0 Å². The van der Waals surface area contributed by atoms with Gasteiger partial charge in [-0.3, -0.25) is 4.79 Å². The van der Waals surface area contributed by atoms with Crippen LogP contribution in [0.5, 0.6) is 0 Å². The van der Waals surface area contributed by atoms with Gasteiger partial charge in [-0.05, 0) is 18.2 Å². The van der Waals surface area contributed by atoms with E-state index in [9.17, 15) is 4.79 Å². The summed E-state index contributed by atoms with van der Waals surface area (Å²) in [6.45, 7) is 3.84. The summed E-state index contributed by atoms with van der Waals surface area (Å²) >= 11 is 0. The zero-order valence-electron chi connectivity index (χ0n) is 10.9. The summed E-state index contributed by atoms with van der Waals surface area (Å²) in [7, 11) is 3.48. The van der Waals surface area contributed by atoms with Crippen molar-refractivity contribution >= 4 is 17.3 Å². The van der Waals surface area contributed by atoms with Gasteiger partial charge in [-0.25, -0.2) is 0 Å². The molecule has 0 aromatic heterocycles. The van der Waals surface area contributed by atoms with Crippen LogP contribution in [0.25, 0.3) is 0 Å². The lowest BCUT2D eigenvalue weighted by Crippen LogP contribution is -2.43. The fourth-order valence-electron chi connectivity index (χ4n) is 2.14. The second-order valence-electron chi connectivity index (χ2n) is 4.71. The highest BCUT2D eigenvalue weighted by molar-refractivity contribution is 5.95. The monoisotopic (exact) mass is 248 g/mol. The Hall–Kier alpha value is -1.75. The predicted molar refractivity (Wildman–Crippen MR) is 74.0 cm³/mol. The average Bonchev–Trinajstić information content (AvgIpc) is 2.38. The van der Waals surface area contributed by atoms with E-state index in [-0.39, 0.29) is 5.91 Å². The number of amides is 1. The molecule has 1 aliphatic heterocycles.